The highest BCUT2D eigenvalue weighted by molar-refractivity contribution is 6.95. The Labute approximate surface area is 245 Å². The molecule has 0 unspecified atom stereocenters. The molecule has 2 aromatic carbocycles. The predicted molar refractivity (Wildman–Crippen MR) is 175 cm³/mol. The number of fused-ring (bicyclic) bond motifs is 2. The highest BCUT2D eigenvalue weighted by Gasteiger charge is 2.49. The minimum Gasteiger partial charge on any atom is -0.391 e. The minimum atomic E-state index is -3.17. The second-order valence-corrected chi connectivity index (χ2v) is 13.5. The third-order valence-corrected chi connectivity index (χ3v) is 12.1. The smallest absolute Gasteiger partial charge is 0.391 e. The number of aryl methyl sites for hydroxylation is 2. The molecule has 2 nitrogen and oxygen atoms in total. The zero-order valence-electron chi connectivity index (χ0n) is 24.3. The second kappa shape index (κ2) is 11.5. The molecule has 0 saturated heterocycles. The summed E-state index contributed by atoms with van der Waals surface area (Å²) in [6.45, 7) is 4.48. The van der Waals surface area contributed by atoms with Gasteiger partial charge in [-0.3, -0.25) is 0 Å². The van der Waals surface area contributed by atoms with Gasteiger partial charge in [-0.25, -0.2) is 0 Å². The largest absolute Gasteiger partial charge is 0.408 e. The van der Waals surface area contributed by atoms with Crippen molar-refractivity contribution in [2.75, 3.05) is 14.2 Å². The van der Waals surface area contributed by atoms with Crippen LogP contribution in [0.25, 0.3) is 44.5 Å². The Morgan fingerprint density at radius 1 is 0.439 bits per heavy atom. The maximum atomic E-state index is 6.75. The summed E-state index contributed by atoms with van der Waals surface area (Å²) in [5, 5.41) is 2.45. The van der Waals surface area contributed by atoms with Crippen molar-refractivity contribution in [1.82, 2.24) is 0 Å². The lowest BCUT2D eigenvalue weighted by atomic mass is 10.0. The molecule has 0 spiro atoms. The summed E-state index contributed by atoms with van der Waals surface area (Å²) < 4.78 is 13.5. The summed E-state index contributed by atoms with van der Waals surface area (Å²) in [4.78, 5) is 0. The molecule has 0 amide bonds. The van der Waals surface area contributed by atoms with Gasteiger partial charge >= 0.3 is 8.56 Å². The van der Waals surface area contributed by atoms with Crippen LogP contribution in [0.4, 0.5) is 0 Å². The minimum absolute atomic E-state index is 0.895. The van der Waals surface area contributed by atoms with E-state index in [9.17, 15) is 0 Å². The van der Waals surface area contributed by atoms with Crippen molar-refractivity contribution in [3.05, 3.63) is 132 Å². The number of rotatable bonds is 8. The Morgan fingerprint density at radius 3 is 1.12 bits per heavy atom. The molecule has 6 rings (SSSR count). The Bertz CT molecular complexity index is 1600. The molecule has 4 aliphatic carbocycles. The summed E-state index contributed by atoms with van der Waals surface area (Å²) in [6, 6.07) is 43.6. The first-order valence-corrected chi connectivity index (χ1v) is 16.3. The third-order valence-electron chi connectivity index (χ3n) is 8.42. The molecule has 0 N–H and O–H groups in total. The molecule has 2 aromatic rings. The zero-order valence-corrected chi connectivity index (χ0v) is 25.3. The lowest BCUT2D eigenvalue weighted by Gasteiger charge is -2.31. The van der Waals surface area contributed by atoms with E-state index >= 15 is 0 Å². The highest BCUT2D eigenvalue weighted by Crippen LogP contribution is 2.39. The van der Waals surface area contributed by atoms with E-state index in [0.717, 1.165) is 12.8 Å². The maximum absolute atomic E-state index is 6.75. The summed E-state index contributed by atoms with van der Waals surface area (Å²) in [5.41, 5.74) is 12.3. The van der Waals surface area contributed by atoms with E-state index in [-0.39, 0.29) is 0 Å². The molecule has 3 heteroatoms. The van der Waals surface area contributed by atoms with Gasteiger partial charge in [-0.1, -0.05) is 135 Å². The molecule has 4 aliphatic rings. The Kier molecular flexibility index (Phi) is 7.59. The topological polar surface area (TPSA) is 18.5 Å². The molecule has 204 valence electrons. The van der Waals surface area contributed by atoms with E-state index in [2.05, 4.69) is 135 Å². The van der Waals surface area contributed by atoms with Crippen molar-refractivity contribution >= 4 is 18.9 Å². The van der Waals surface area contributed by atoms with Crippen molar-refractivity contribution in [1.29, 1.82) is 0 Å². The van der Waals surface area contributed by atoms with Gasteiger partial charge in [-0.2, -0.15) is 0 Å². The van der Waals surface area contributed by atoms with E-state index < -0.39 is 8.56 Å². The highest BCUT2D eigenvalue weighted by atomic mass is 28.4. The quantitative estimate of drug-likeness (QED) is 0.177. The van der Waals surface area contributed by atoms with Gasteiger partial charge in [0, 0.05) is 24.6 Å². The molecule has 0 heterocycles. The van der Waals surface area contributed by atoms with Crippen LogP contribution >= 0.6 is 0 Å². The Balaban J connectivity index is 1.65. The van der Waals surface area contributed by atoms with Crippen molar-refractivity contribution in [2.45, 2.75) is 26.7 Å². The first-order chi connectivity index (χ1) is 20.2. The van der Waals surface area contributed by atoms with Crippen molar-refractivity contribution < 1.29 is 8.85 Å². The van der Waals surface area contributed by atoms with Gasteiger partial charge in [-0.05, 0) is 68.5 Å². The van der Waals surface area contributed by atoms with E-state index in [1.54, 1.807) is 0 Å². The predicted octanol–water partition coefficient (Wildman–Crippen LogP) is 8.20. The third kappa shape index (κ3) is 4.51. The van der Waals surface area contributed by atoms with Crippen molar-refractivity contribution in [3.63, 3.8) is 0 Å². The second-order valence-electron chi connectivity index (χ2n) is 10.5. The first-order valence-electron chi connectivity index (χ1n) is 14.5. The van der Waals surface area contributed by atoms with Gasteiger partial charge in [0.15, 0.2) is 0 Å². The normalized spacial score (nSPS) is 11.8. The summed E-state index contributed by atoms with van der Waals surface area (Å²) in [6.07, 6.45) is 1.79. The van der Waals surface area contributed by atoms with Crippen LogP contribution in [0.2, 0.25) is 0 Å². The fraction of sp³-hybridized carbons (Fsp3) is 0.158. The molecule has 0 aliphatic heterocycles. The summed E-state index contributed by atoms with van der Waals surface area (Å²) >= 11 is 0. The first kappa shape index (κ1) is 27.2. The van der Waals surface area contributed by atoms with E-state index in [1.807, 2.05) is 14.2 Å². The van der Waals surface area contributed by atoms with E-state index in [1.165, 1.54) is 66.0 Å². The van der Waals surface area contributed by atoms with Gasteiger partial charge < -0.3 is 8.85 Å². The molecule has 41 heavy (non-hydrogen) atoms. The fourth-order valence-electron chi connectivity index (χ4n) is 6.53. The Hall–Kier alpha value is -4.02. The average Bonchev–Trinajstić information content (AvgIpc) is 3.41. The molecule has 0 aromatic heterocycles. The Morgan fingerprint density at radius 2 is 0.780 bits per heavy atom. The summed E-state index contributed by atoms with van der Waals surface area (Å²) in [7, 11) is 0.512. The lowest BCUT2D eigenvalue weighted by molar-refractivity contribution is 0.272. The molecular formula is C38H36O2Si. The molecule has 0 atom stereocenters. The maximum Gasteiger partial charge on any atom is 0.408 e. The van der Waals surface area contributed by atoms with Crippen LogP contribution in [0.3, 0.4) is 0 Å². The van der Waals surface area contributed by atoms with Gasteiger partial charge in [0.05, 0.1) is 0 Å². The number of hydrogen-bond donors (Lipinski definition) is 0. The number of benzene rings is 2. The van der Waals surface area contributed by atoms with Gasteiger partial charge in [0.1, 0.15) is 0 Å². The zero-order chi connectivity index (χ0) is 28.4. The lowest BCUT2D eigenvalue weighted by Crippen LogP contribution is -2.64. The van der Waals surface area contributed by atoms with Crippen molar-refractivity contribution in [2.24, 2.45) is 0 Å². The molecule has 0 fully saturated rings. The SMILES string of the molecule is CCc1cc2c(-c3ccccc3)ccccc-2c1[Si](OC)(OC)c1c(CC)cc2c(-c3ccccc3)ccccc1-2. The van der Waals surface area contributed by atoms with Crippen LogP contribution < -0.4 is 10.4 Å². The van der Waals surface area contributed by atoms with Crippen LogP contribution in [-0.4, -0.2) is 22.8 Å². The summed E-state index contributed by atoms with van der Waals surface area (Å²) in [5.74, 6) is 0. The van der Waals surface area contributed by atoms with Crippen LogP contribution in [0.1, 0.15) is 25.0 Å². The molecule has 0 radical (unpaired) electrons. The van der Waals surface area contributed by atoms with E-state index in [4.69, 9.17) is 8.85 Å². The van der Waals surface area contributed by atoms with Crippen LogP contribution in [0.15, 0.2) is 121 Å². The fourth-order valence-corrected chi connectivity index (χ4v) is 10.3. The average molecular weight is 553 g/mol. The van der Waals surface area contributed by atoms with Crippen molar-refractivity contribution in [3.8, 4) is 44.5 Å². The van der Waals surface area contributed by atoms with Crippen LogP contribution in [0, 0.1) is 0 Å². The monoisotopic (exact) mass is 552 g/mol. The van der Waals surface area contributed by atoms with Gasteiger partial charge in [0.25, 0.3) is 0 Å². The number of hydrogen-bond acceptors (Lipinski definition) is 2. The molecule has 0 bridgehead atoms. The standard InChI is InChI=1S/C38H36O2Si/c1-5-27-25-35-31(29-17-9-7-10-18-29)21-13-15-23-33(35)37(27)41(39-3,40-4)38-28(6-2)26-36-32(22-14-16-24-34(36)38)30-19-11-8-12-20-30/h7-26H,5-6H2,1-4H3. The molecule has 0 saturated carbocycles. The van der Waals surface area contributed by atoms with Gasteiger partial charge in [-0.15, -0.1) is 0 Å². The molecular weight excluding hydrogens is 517 g/mol. The van der Waals surface area contributed by atoms with Crippen LogP contribution in [-0.2, 0) is 21.7 Å². The van der Waals surface area contributed by atoms with Crippen LogP contribution in [0.5, 0.6) is 0 Å². The van der Waals surface area contributed by atoms with Gasteiger partial charge in [0.2, 0.25) is 0 Å². The van der Waals surface area contributed by atoms with E-state index in [0.29, 0.717) is 0 Å².